The minimum absolute atomic E-state index is 0.222. The van der Waals surface area contributed by atoms with E-state index in [9.17, 15) is 9.59 Å². The molecule has 1 aliphatic carbocycles. The molecule has 1 amide bonds. The zero-order chi connectivity index (χ0) is 26.9. The number of hydrogen-bond acceptors (Lipinski definition) is 6. The van der Waals surface area contributed by atoms with Crippen LogP contribution in [-0.4, -0.2) is 30.3 Å². The maximum atomic E-state index is 13.5. The maximum Gasteiger partial charge on any atom is 0.339 e. The normalized spacial score (nSPS) is 14.8. The summed E-state index contributed by atoms with van der Waals surface area (Å²) in [6.45, 7) is 3.70. The first-order valence-corrected chi connectivity index (χ1v) is 13.0. The molecule has 39 heavy (non-hydrogen) atoms. The van der Waals surface area contributed by atoms with E-state index in [4.69, 9.17) is 19.2 Å². The number of aromatic nitrogens is 1. The van der Waals surface area contributed by atoms with Crippen molar-refractivity contribution in [3.8, 4) is 11.5 Å². The van der Waals surface area contributed by atoms with Gasteiger partial charge in [0, 0.05) is 11.1 Å². The fourth-order valence-corrected chi connectivity index (χ4v) is 5.30. The zero-order valence-corrected chi connectivity index (χ0v) is 21.9. The van der Waals surface area contributed by atoms with Gasteiger partial charge in [0.15, 0.2) is 18.1 Å². The van der Waals surface area contributed by atoms with E-state index in [1.807, 2.05) is 74.5 Å². The van der Waals surface area contributed by atoms with Crippen molar-refractivity contribution in [2.45, 2.75) is 33.1 Å². The van der Waals surface area contributed by atoms with Crippen LogP contribution in [0.2, 0.25) is 0 Å². The molecule has 0 radical (unpaired) electrons. The third-order valence-electron chi connectivity index (χ3n) is 7.19. The number of nitrogens with one attached hydrogen (secondary N) is 1. The molecule has 3 aromatic carbocycles. The van der Waals surface area contributed by atoms with Crippen LogP contribution in [0.5, 0.6) is 11.5 Å². The van der Waals surface area contributed by atoms with Crippen molar-refractivity contribution in [3.05, 3.63) is 94.2 Å². The van der Waals surface area contributed by atoms with Crippen LogP contribution >= 0.6 is 0 Å². The fourth-order valence-electron chi connectivity index (χ4n) is 5.30. The molecule has 0 unspecified atom stereocenters. The molecule has 4 aromatic rings. The number of ether oxygens (including phenoxy) is 3. The SMILES string of the molecule is Cc1cccc(C)c1NC(=O)COC(=O)c1c2c(nc3ccccc13)/C(=C/c1ccc3c(c1)OCO3)CCC2. The minimum Gasteiger partial charge on any atom is -0.454 e. The lowest BCUT2D eigenvalue weighted by Gasteiger charge is -2.22. The van der Waals surface area contributed by atoms with Crippen molar-refractivity contribution < 1.29 is 23.8 Å². The fraction of sp³-hybridized carbons (Fsp3) is 0.219. The van der Waals surface area contributed by atoms with Gasteiger partial charge in [-0.25, -0.2) is 9.78 Å². The second-order valence-corrected chi connectivity index (χ2v) is 9.86. The van der Waals surface area contributed by atoms with Crippen LogP contribution in [0.25, 0.3) is 22.6 Å². The van der Waals surface area contributed by atoms with Gasteiger partial charge >= 0.3 is 5.97 Å². The average molecular weight is 521 g/mol. The van der Waals surface area contributed by atoms with Crippen molar-refractivity contribution in [2.24, 2.45) is 0 Å². The number of nitrogens with zero attached hydrogens (tertiary/aromatic N) is 1. The Kier molecular flexibility index (Phi) is 6.49. The Morgan fingerprint density at radius 3 is 2.62 bits per heavy atom. The number of carbonyl (C=O) groups excluding carboxylic acids is 2. The average Bonchev–Trinajstić information content (AvgIpc) is 3.41. The number of amides is 1. The summed E-state index contributed by atoms with van der Waals surface area (Å²) in [5, 5.41) is 3.60. The van der Waals surface area contributed by atoms with E-state index in [2.05, 4.69) is 11.4 Å². The van der Waals surface area contributed by atoms with Gasteiger partial charge in [0.1, 0.15) is 0 Å². The number of pyridine rings is 1. The van der Waals surface area contributed by atoms with E-state index < -0.39 is 5.97 Å². The molecule has 2 heterocycles. The number of anilines is 1. The first-order chi connectivity index (χ1) is 19.0. The lowest BCUT2D eigenvalue weighted by Crippen LogP contribution is -2.23. The summed E-state index contributed by atoms with van der Waals surface area (Å²) in [4.78, 5) is 31.2. The van der Waals surface area contributed by atoms with E-state index in [0.717, 1.165) is 68.9 Å². The molecular formula is C32H28N2O5. The second-order valence-electron chi connectivity index (χ2n) is 9.86. The molecule has 0 spiro atoms. The van der Waals surface area contributed by atoms with Crippen molar-refractivity contribution in [1.82, 2.24) is 4.98 Å². The van der Waals surface area contributed by atoms with E-state index in [0.29, 0.717) is 17.5 Å². The highest BCUT2D eigenvalue weighted by atomic mass is 16.7. The van der Waals surface area contributed by atoms with Crippen LogP contribution < -0.4 is 14.8 Å². The molecular weight excluding hydrogens is 492 g/mol. The second kappa shape index (κ2) is 10.3. The number of benzene rings is 3. The highest BCUT2D eigenvalue weighted by Crippen LogP contribution is 2.38. The number of para-hydroxylation sites is 2. The Balaban J connectivity index is 1.31. The maximum absolute atomic E-state index is 13.5. The number of aryl methyl sites for hydroxylation is 2. The Morgan fingerprint density at radius 1 is 0.974 bits per heavy atom. The van der Waals surface area contributed by atoms with Crippen molar-refractivity contribution in [2.75, 3.05) is 18.7 Å². The molecule has 2 aliphatic rings. The Bertz CT molecular complexity index is 1640. The molecule has 0 saturated carbocycles. The summed E-state index contributed by atoms with van der Waals surface area (Å²) in [5.74, 6) is 0.550. The monoisotopic (exact) mass is 520 g/mol. The summed E-state index contributed by atoms with van der Waals surface area (Å²) in [6.07, 6.45) is 4.50. The number of hydrogen-bond donors (Lipinski definition) is 1. The van der Waals surface area contributed by atoms with Gasteiger partial charge in [0.2, 0.25) is 6.79 Å². The molecule has 6 rings (SSSR count). The standard InChI is InChI=1S/C32H28N2O5/c1-19-7-5-8-20(2)30(19)34-28(35)17-37-32(36)29-23-10-3-4-12-25(23)33-31-22(9-6-11-24(29)31)15-21-13-14-26-27(16-21)39-18-38-26/h3-5,7-8,10,12-16H,6,9,11,17-18H2,1-2H3,(H,34,35)/b22-15+. The highest BCUT2D eigenvalue weighted by Gasteiger charge is 2.26. The van der Waals surface area contributed by atoms with Crippen molar-refractivity contribution >= 4 is 40.1 Å². The van der Waals surface area contributed by atoms with Crippen LogP contribution in [0.1, 0.15) is 51.1 Å². The first kappa shape index (κ1) is 24.7. The summed E-state index contributed by atoms with van der Waals surface area (Å²) >= 11 is 0. The smallest absolute Gasteiger partial charge is 0.339 e. The largest absolute Gasteiger partial charge is 0.454 e. The van der Waals surface area contributed by atoms with Crippen molar-refractivity contribution in [1.29, 1.82) is 0 Å². The van der Waals surface area contributed by atoms with Crippen LogP contribution in [0.4, 0.5) is 5.69 Å². The Hall–Kier alpha value is -4.65. The molecule has 0 fully saturated rings. The zero-order valence-electron chi connectivity index (χ0n) is 21.9. The van der Waals surface area contributed by atoms with Gasteiger partial charge in [-0.1, -0.05) is 42.5 Å². The lowest BCUT2D eigenvalue weighted by molar-refractivity contribution is -0.119. The number of fused-ring (bicyclic) bond motifs is 3. The molecule has 7 nitrogen and oxygen atoms in total. The predicted molar refractivity (Wildman–Crippen MR) is 150 cm³/mol. The lowest BCUT2D eigenvalue weighted by atomic mass is 9.86. The summed E-state index contributed by atoms with van der Waals surface area (Å²) < 4.78 is 16.6. The number of allylic oxidation sites excluding steroid dienone is 1. The van der Waals surface area contributed by atoms with Gasteiger partial charge in [-0.05, 0) is 85.2 Å². The summed E-state index contributed by atoms with van der Waals surface area (Å²) in [7, 11) is 0. The molecule has 0 bridgehead atoms. The molecule has 1 aliphatic heterocycles. The minimum atomic E-state index is -0.522. The first-order valence-electron chi connectivity index (χ1n) is 13.0. The van der Waals surface area contributed by atoms with Crippen LogP contribution in [0.15, 0.2) is 60.7 Å². The Labute approximate surface area is 226 Å². The Morgan fingerprint density at radius 2 is 1.77 bits per heavy atom. The summed E-state index contributed by atoms with van der Waals surface area (Å²) in [5.41, 5.74) is 7.50. The van der Waals surface area contributed by atoms with Crippen LogP contribution in [0.3, 0.4) is 0 Å². The summed E-state index contributed by atoms with van der Waals surface area (Å²) in [6, 6.07) is 19.2. The van der Waals surface area contributed by atoms with Gasteiger partial charge in [-0.2, -0.15) is 0 Å². The molecule has 0 atom stereocenters. The molecule has 1 N–H and O–H groups in total. The third-order valence-corrected chi connectivity index (χ3v) is 7.19. The quantitative estimate of drug-likeness (QED) is 0.313. The predicted octanol–water partition coefficient (Wildman–Crippen LogP) is 6.25. The van der Waals surface area contributed by atoms with Gasteiger partial charge in [0.25, 0.3) is 5.91 Å². The molecule has 1 aromatic heterocycles. The number of rotatable bonds is 5. The topological polar surface area (TPSA) is 86.8 Å². The highest BCUT2D eigenvalue weighted by molar-refractivity contribution is 6.07. The van der Waals surface area contributed by atoms with Crippen LogP contribution in [0, 0.1) is 13.8 Å². The van der Waals surface area contributed by atoms with Crippen LogP contribution in [-0.2, 0) is 16.0 Å². The number of carbonyl (C=O) groups is 2. The van der Waals surface area contributed by atoms with E-state index in [1.165, 1.54) is 0 Å². The molecule has 196 valence electrons. The van der Waals surface area contributed by atoms with E-state index in [-0.39, 0.29) is 19.3 Å². The van der Waals surface area contributed by atoms with Gasteiger partial charge in [0.05, 0.1) is 16.8 Å². The van der Waals surface area contributed by atoms with Gasteiger partial charge in [-0.3, -0.25) is 4.79 Å². The van der Waals surface area contributed by atoms with E-state index in [1.54, 1.807) is 0 Å². The van der Waals surface area contributed by atoms with Gasteiger partial charge in [-0.15, -0.1) is 0 Å². The van der Waals surface area contributed by atoms with E-state index >= 15 is 0 Å². The van der Waals surface area contributed by atoms with Gasteiger partial charge < -0.3 is 19.5 Å². The third kappa shape index (κ3) is 4.83. The molecule has 0 saturated heterocycles. The van der Waals surface area contributed by atoms with Crippen molar-refractivity contribution in [3.63, 3.8) is 0 Å². The number of esters is 1. The molecule has 7 heteroatoms.